The molecule has 4 heterocycles. The van der Waals surface area contributed by atoms with Crippen molar-refractivity contribution < 1.29 is 70.1 Å². The molecule has 3 fully saturated rings. The minimum atomic E-state index is -5.08. The van der Waals surface area contributed by atoms with Crippen LogP contribution in [0.4, 0.5) is 26.3 Å². The van der Waals surface area contributed by atoms with Gasteiger partial charge in [0.2, 0.25) is 29.5 Å². The van der Waals surface area contributed by atoms with Gasteiger partial charge in [0, 0.05) is 55.6 Å². The van der Waals surface area contributed by atoms with Crippen molar-refractivity contribution in [2.45, 2.75) is 100 Å². The lowest BCUT2D eigenvalue weighted by Crippen LogP contribution is -2.59. The lowest BCUT2D eigenvalue weighted by atomic mass is 10.00. The number of H-pyrrole nitrogens is 1. The molecule has 3 aliphatic heterocycles. The van der Waals surface area contributed by atoms with Gasteiger partial charge in [0.05, 0.1) is 19.0 Å². The van der Waals surface area contributed by atoms with E-state index in [1.54, 1.807) is 0 Å². The summed E-state index contributed by atoms with van der Waals surface area (Å²) >= 11 is 0. The molecule has 0 unspecified atom stereocenters. The Bertz CT molecular complexity index is 2420. The van der Waals surface area contributed by atoms with Gasteiger partial charge in [0.15, 0.2) is 0 Å². The first-order valence-electron chi connectivity index (χ1n) is 23.3. The molecule has 3 aliphatic rings. The number of hydrogen-bond acceptors (Lipinski definition) is 9. The van der Waals surface area contributed by atoms with Gasteiger partial charge in [-0.2, -0.15) is 26.3 Å². The Morgan fingerprint density at radius 2 is 1.17 bits per heavy atom. The summed E-state index contributed by atoms with van der Waals surface area (Å²) in [6.07, 6.45) is -2.27. The fourth-order valence-corrected chi connectivity index (χ4v) is 8.60. The van der Waals surface area contributed by atoms with Crippen molar-refractivity contribution in [1.29, 1.82) is 0 Å². The molecule has 17 nitrogen and oxygen atoms in total. The molecule has 4 aromatic rings. The number of rotatable bonds is 10. The van der Waals surface area contributed by atoms with Gasteiger partial charge in [0.1, 0.15) is 18.1 Å². The van der Waals surface area contributed by atoms with Crippen LogP contribution in [0.2, 0.25) is 0 Å². The number of alkyl halides is 6. The van der Waals surface area contributed by atoms with E-state index in [2.05, 4.69) is 41.4 Å². The standard InChI is InChI=1S/C45H56N8O5.2C2HF3O2/c54-41-27-40(50-42(55)30-52-22-18-35(19-23-52)53-20-10-3-11-21-53)43(56)47-29-34(24-31-12-4-1-5-13-31)48-44(57)38(25-32-14-6-2-7-15-32)51-45(58)39(49-41)26-33-28-46-37-17-9-8-16-36(33)37;2*3-2(4,5)1(6)7/h1-2,4-9,12-17,28,34-35,38-40,46H,3,10-11,18-27,29-30H2,(H,47,56)(H,48,57)(H,49,54)(H,50,55)(H,51,58);2*(H,6,7)/t34-,38+,39+,40-;;/m1../s1. The Kier molecular flexibility index (Phi) is 20.5. The number of nitrogens with one attached hydrogen (secondary N) is 6. The highest BCUT2D eigenvalue weighted by Gasteiger charge is 2.39. The minimum absolute atomic E-state index is 0.0344. The number of carbonyl (C=O) groups excluding carboxylic acids is 5. The van der Waals surface area contributed by atoms with Crippen LogP contribution in [0.15, 0.2) is 91.1 Å². The molecular weight excluding hydrogens is 959 g/mol. The second kappa shape index (κ2) is 26.4. The maximum atomic E-state index is 14.3. The van der Waals surface area contributed by atoms with Crippen molar-refractivity contribution in [1.82, 2.24) is 41.4 Å². The quantitative estimate of drug-likeness (QED) is 0.106. The maximum Gasteiger partial charge on any atom is 0.490 e. The lowest BCUT2D eigenvalue weighted by Gasteiger charge is -2.40. The summed E-state index contributed by atoms with van der Waals surface area (Å²) < 4.78 is 63.5. The van der Waals surface area contributed by atoms with Crippen LogP contribution in [0, 0.1) is 0 Å². The molecule has 390 valence electrons. The van der Waals surface area contributed by atoms with E-state index in [0.717, 1.165) is 66.6 Å². The van der Waals surface area contributed by atoms with E-state index in [4.69, 9.17) is 19.8 Å². The van der Waals surface area contributed by atoms with Crippen LogP contribution in [0.1, 0.15) is 55.2 Å². The number of carboxylic acids is 2. The smallest absolute Gasteiger partial charge is 0.475 e. The molecule has 23 heteroatoms. The van der Waals surface area contributed by atoms with Gasteiger partial charge >= 0.3 is 24.3 Å². The number of para-hydroxylation sites is 1. The minimum Gasteiger partial charge on any atom is -0.475 e. The van der Waals surface area contributed by atoms with Crippen LogP contribution >= 0.6 is 0 Å². The summed E-state index contributed by atoms with van der Waals surface area (Å²) in [6, 6.07) is 23.4. The average molecular weight is 1020 g/mol. The number of amides is 5. The second-order valence-corrected chi connectivity index (χ2v) is 17.6. The van der Waals surface area contributed by atoms with Crippen molar-refractivity contribution in [2.24, 2.45) is 0 Å². The van der Waals surface area contributed by atoms with Crippen LogP contribution in [0.3, 0.4) is 0 Å². The van der Waals surface area contributed by atoms with Gasteiger partial charge in [0.25, 0.3) is 0 Å². The zero-order valence-corrected chi connectivity index (χ0v) is 39.1. The molecule has 3 aromatic carbocycles. The monoisotopic (exact) mass is 1020 g/mol. The first-order valence-corrected chi connectivity index (χ1v) is 23.3. The molecule has 0 aliphatic carbocycles. The zero-order valence-electron chi connectivity index (χ0n) is 39.1. The SMILES string of the molecule is O=C(O)C(F)(F)F.O=C(O)C(F)(F)F.O=C1C[C@@H](NC(=O)CN2CCC(N3CCCCC3)CC2)C(=O)NC[C@@H](Cc2ccccc2)NC(=O)[C@H](Cc2ccccc2)NC(=O)[C@H](Cc2c[nH]c3ccccc23)N1. The third-order valence-electron chi connectivity index (χ3n) is 12.2. The highest BCUT2D eigenvalue weighted by molar-refractivity contribution is 5.96. The van der Waals surface area contributed by atoms with Crippen LogP contribution in [0.25, 0.3) is 10.9 Å². The van der Waals surface area contributed by atoms with Crippen molar-refractivity contribution >= 4 is 52.4 Å². The van der Waals surface area contributed by atoms with Crippen LogP contribution in [0.5, 0.6) is 0 Å². The van der Waals surface area contributed by atoms with Crippen molar-refractivity contribution in [3.63, 3.8) is 0 Å². The van der Waals surface area contributed by atoms with E-state index < -0.39 is 72.1 Å². The Hall–Kier alpha value is -7.01. The number of fused-ring (bicyclic) bond motifs is 1. The Balaban J connectivity index is 0.000000602. The summed E-state index contributed by atoms with van der Waals surface area (Å²) in [5.41, 5.74) is 3.47. The van der Waals surface area contributed by atoms with Crippen LogP contribution < -0.4 is 26.6 Å². The summed E-state index contributed by atoms with van der Waals surface area (Å²) in [4.78, 5) is 95.7. The first kappa shape index (κ1) is 55.9. The van der Waals surface area contributed by atoms with E-state index in [1.165, 1.54) is 19.3 Å². The first-order chi connectivity index (χ1) is 34.2. The van der Waals surface area contributed by atoms with Crippen LogP contribution in [-0.4, -0.2) is 148 Å². The molecule has 5 amide bonds. The number of halogens is 6. The third kappa shape index (κ3) is 18.0. The molecular formula is C49H58F6N8O9. The molecule has 8 N–H and O–H groups in total. The molecule has 0 saturated carbocycles. The van der Waals surface area contributed by atoms with Gasteiger partial charge in [-0.15, -0.1) is 0 Å². The van der Waals surface area contributed by atoms with E-state index in [1.807, 2.05) is 91.1 Å². The molecule has 0 radical (unpaired) electrons. The average Bonchev–Trinajstić information content (AvgIpc) is 3.75. The van der Waals surface area contributed by atoms with E-state index >= 15 is 0 Å². The molecule has 4 atom stereocenters. The van der Waals surface area contributed by atoms with E-state index in [-0.39, 0.29) is 38.3 Å². The normalized spacial score (nSPS) is 21.2. The topological polar surface area (TPSA) is 242 Å². The Morgan fingerprint density at radius 1 is 0.639 bits per heavy atom. The van der Waals surface area contributed by atoms with Crippen molar-refractivity contribution in [2.75, 3.05) is 39.3 Å². The van der Waals surface area contributed by atoms with Gasteiger partial charge in [-0.25, -0.2) is 9.59 Å². The lowest BCUT2D eigenvalue weighted by molar-refractivity contribution is -0.193. The number of carbonyl (C=O) groups is 7. The number of aliphatic carboxylic acids is 2. The summed E-state index contributed by atoms with van der Waals surface area (Å²) in [7, 11) is 0. The number of likely N-dealkylation sites (tertiary alicyclic amines) is 2. The molecule has 72 heavy (non-hydrogen) atoms. The van der Waals surface area contributed by atoms with Gasteiger partial charge in [-0.05, 0) is 68.0 Å². The van der Waals surface area contributed by atoms with E-state index in [9.17, 15) is 50.3 Å². The Labute approximate surface area is 410 Å². The molecule has 3 saturated heterocycles. The second-order valence-electron chi connectivity index (χ2n) is 17.6. The molecule has 7 rings (SSSR count). The van der Waals surface area contributed by atoms with Crippen molar-refractivity contribution in [3.8, 4) is 0 Å². The molecule has 0 spiro atoms. The largest absolute Gasteiger partial charge is 0.490 e. The highest BCUT2D eigenvalue weighted by Crippen LogP contribution is 2.22. The molecule has 0 bridgehead atoms. The summed E-state index contributed by atoms with van der Waals surface area (Å²) in [6.45, 7) is 3.98. The summed E-state index contributed by atoms with van der Waals surface area (Å²) in [5.74, 6) is -7.95. The highest BCUT2D eigenvalue weighted by atomic mass is 19.4. The van der Waals surface area contributed by atoms with Gasteiger partial charge < -0.3 is 46.7 Å². The summed E-state index contributed by atoms with van der Waals surface area (Å²) in [5, 5.41) is 29.9. The predicted octanol–water partition coefficient (Wildman–Crippen LogP) is 3.87. The molecule has 1 aromatic heterocycles. The van der Waals surface area contributed by atoms with E-state index in [0.29, 0.717) is 12.5 Å². The number of aromatic amines is 1. The fraction of sp³-hybridized carbons (Fsp3) is 0.449. The number of carboxylic acid groups (broad SMARTS) is 2. The van der Waals surface area contributed by atoms with Crippen molar-refractivity contribution in [3.05, 3.63) is 108 Å². The third-order valence-corrected chi connectivity index (χ3v) is 12.2. The number of piperidine rings is 2. The van der Waals surface area contributed by atoms with Gasteiger partial charge in [-0.3, -0.25) is 28.9 Å². The van der Waals surface area contributed by atoms with Gasteiger partial charge in [-0.1, -0.05) is 85.3 Å². The zero-order chi connectivity index (χ0) is 52.4. The number of aromatic nitrogens is 1. The number of hydrogen-bond donors (Lipinski definition) is 8. The number of benzene rings is 3. The fourth-order valence-electron chi connectivity index (χ4n) is 8.60. The Morgan fingerprint density at radius 3 is 1.75 bits per heavy atom. The van der Waals surface area contributed by atoms with Crippen LogP contribution in [-0.2, 0) is 52.8 Å². The maximum absolute atomic E-state index is 14.3. The predicted molar refractivity (Wildman–Crippen MR) is 250 cm³/mol. The number of nitrogens with zero attached hydrogens (tertiary/aromatic N) is 2.